The van der Waals surface area contributed by atoms with E-state index in [4.69, 9.17) is 9.47 Å². The van der Waals surface area contributed by atoms with Crippen molar-refractivity contribution in [2.75, 3.05) is 27.2 Å². The van der Waals surface area contributed by atoms with Crippen LogP contribution in [-0.4, -0.2) is 65.8 Å². The van der Waals surface area contributed by atoms with E-state index in [1.54, 1.807) is 18.4 Å². The van der Waals surface area contributed by atoms with E-state index in [1.165, 1.54) is 30.6 Å². The molecule has 41 heavy (non-hydrogen) atoms. The summed E-state index contributed by atoms with van der Waals surface area (Å²) in [5, 5.41) is -0.353. The molecule has 0 fully saturated rings. The van der Waals surface area contributed by atoms with E-state index in [9.17, 15) is 14.4 Å². The van der Waals surface area contributed by atoms with Crippen LogP contribution in [0.25, 0.3) is 0 Å². The van der Waals surface area contributed by atoms with E-state index in [1.807, 2.05) is 0 Å². The Morgan fingerprint density at radius 3 is 1.12 bits per heavy atom. The van der Waals surface area contributed by atoms with Gasteiger partial charge in [0.2, 0.25) is 0 Å². The van der Waals surface area contributed by atoms with Crippen molar-refractivity contribution in [3.63, 3.8) is 0 Å². The number of unbranched alkanes of at least 4 members (excludes halogenated alkanes) is 12. The summed E-state index contributed by atoms with van der Waals surface area (Å²) in [5.74, 6) is -0.894. The zero-order chi connectivity index (χ0) is 30.7. The number of amides is 1. The van der Waals surface area contributed by atoms with Crippen molar-refractivity contribution >= 4 is 29.1 Å². The Hall–Kier alpha value is -1.28. The predicted octanol–water partition coefficient (Wildman–Crippen LogP) is 9.32. The Labute approximate surface area is 257 Å². The van der Waals surface area contributed by atoms with Gasteiger partial charge in [-0.3, -0.25) is 14.4 Å². The average Bonchev–Trinajstić information content (AvgIpc) is 2.92. The topological polar surface area (TPSA) is 76.1 Å². The third-order valence-corrected chi connectivity index (χ3v) is 8.05. The minimum Gasteiger partial charge on any atom is -0.461 e. The van der Waals surface area contributed by atoms with Crippen molar-refractivity contribution in [1.29, 1.82) is 0 Å². The van der Waals surface area contributed by atoms with Crippen molar-refractivity contribution in [3.05, 3.63) is 0 Å². The molecule has 0 aromatic carbocycles. The van der Waals surface area contributed by atoms with Crippen molar-refractivity contribution in [3.8, 4) is 0 Å². The van der Waals surface area contributed by atoms with E-state index in [2.05, 4.69) is 27.7 Å². The standard InChI is InChI=1S/C33H64N2O5S/c1-7-11-15-19-23-29(24-20-16-12-8-2)39-31(36)27-35(33(38)41-34(5)6)28-32(37)40-30(25-21-17-13-9-3)26-22-18-14-10-4/h29-30H,7-28H2,1-6H3. The molecule has 0 rings (SSSR count). The quantitative estimate of drug-likeness (QED) is 0.0528. The van der Waals surface area contributed by atoms with Crippen LogP contribution in [0.4, 0.5) is 4.79 Å². The molecule has 0 N–H and O–H groups in total. The summed E-state index contributed by atoms with van der Waals surface area (Å²) in [7, 11) is 3.53. The molecular weight excluding hydrogens is 536 g/mol. The maximum atomic E-state index is 13.1. The van der Waals surface area contributed by atoms with Crippen LogP contribution in [0.2, 0.25) is 0 Å². The number of esters is 2. The Bertz CT molecular complexity index is 594. The van der Waals surface area contributed by atoms with Crippen LogP contribution in [0.1, 0.15) is 156 Å². The van der Waals surface area contributed by atoms with Crippen molar-refractivity contribution in [2.24, 2.45) is 0 Å². The molecular formula is C33H64N2O5S. The van der Waals surface area contributed by atoms with Crippen molar-refractivity contribution < 1.29 is 23.9 Å². The molecule has 8 heteroatoms. The van der Waals surface area contributed by atoms with Crippen LogP contribution in [0.3, 0.4) is 0 Å². The molecule has 0 saturated heterocycles. The van der Waals surface area contributed by atoms with E-state index in [-0.39, 0.29) is 30.5 Å². The zero-order valence-corrected chi connectivity index (χ0v) is 28.4. The van der Waals surface area contributed by atoms with Gasteiger partial charge < -0.3 is 14.4 Å². The number of hydrogen-bond acceptors (Lipinski definition) is 7. The molecule has 0 radical (unpaired) electrons. The molecule has 0 aliphatic heterocycles. The van der Waals surface area contributed by atoms with Crippen LogP contribution < -0.4 is 0 Å². The lowest BCUT2D eigenvalue weighted by Gasteiger charge is -2.25. The second-order valence-corrected chi connectivity index (χ2v) is 12.9. The fourth-order valence-electron chi connectivity index (χ4n) is 4.88. The summed E-state index contributed by atoms with van der Waals surface area (Å²) >= 11 is 0.966. The third kappa shape index (κ3) is 23.9. The smallest absolute Gasteiger partial charge is 0.325 e. The Morgan fingerprint density at radius 2 is 0.854 bits per heavy atom. The highest BCUT2D eigenvalue weighted by Crippen LogP contribution is 2.19. The fraction of sp³-hybridized carbons (Fsp3) is 0.909. The molecule has 0 aromatic heterocycles. The minimum atomic E-state index is -0.447. The number of nitrogens with zero attached hydrogens (tertiary/aromatic N) is 2. The van der Waals surface area contributed by atoms with Gasteiger partial charge in [0.25, 0.3) is 5.24 Å². The number of hydrogen-bond donors (Lipinski definition) is 0. The molecule has 7 nitrogen and oxygen atoms in total. The largest absolute Gasteiger partial charge is 0.461 e. The highest BCUT2D eigenvalue weighted by atomic mass is 32.2. The van der Waals surface area contributed by atoms with Gasteiger partial charge in [0.15, 0.2) is 0 Å². The third-order valence-electron chi connectivity index (χ3n) is 7.27. The highest BCUT2D eigenvalue weighted by molar-refractivity contribution is 8.11. The number of carbonyl (C=O) groups excluding carboxylic acids is 3. The SMILES string of the molecule is CCCCCCC(CCCCCC)OC(=O)CN(CC(=O)OC(CCCCCC)CCCCCC)C(=O)SN(C)C. The maximum Gasteiger partial charge on any atom is 0.325 e. The summed E-state index contributed by atoms with van der Waals surface area (Å²) in [6.07, 6.45) is 21.1. The van der Waals surface area contributed by atoms with Crippen molar-refractivity contribution in [1.82, 2.24) is 9.21 Å². The van der Waals surface area contributed by atoms with Gasteiger partial charge in [-0.1, -0.05) is 105 Å². The van der Waals surface area contributed by atoms with Crippen LogP contribution in [0.15, 0.2) is 0 Å². The molecule has 1 amide bonds. The van der Waals surface area contributed by atoms with Crippen LogP contribution in [-0.2, 0) is 19.1 Å². The first kappa shape index (κ1) is 39.7. The normalized spacial score (nSPS) is 11.4. The molecule has 0 spiro atoms. The van der Waals surface area contributed by atoms with Gasteiger partial charge in [-0.25, -0.2) is 4.31 Å². The summed E-state index contributed by atoms with van der Waals surface area (Å²) in [5.41, 5.74) is 0. The van der Waals surface area contributed by atoms with E-state index in [0.717, 1.165) is 115 Å². The van der Waals surface area contributed by atoms with Crippen LogP contribution >= 0.6 is 11.9 Å². The summed E-state index contributed by atoms with van der Waals surface area (Å²) in [6.45, 7) is 8.26. The van der Waals surface area contributed by atoms with Crippen LogP contribution in [0.5, 0.6) is 0 Å². The fourth-order valence-corrected chi connectivity index (χ4v) is 5.43. The Morgan fingerprint density at radius 1 is 0.537 bits per heavy atom. The van der Waals surface area contributed by atoms with E-state index in [0.29, 0.717) is 0 Å². The molecule has 242 valence electrons. The van der Waals surface area contributed by atoms with Gasteiger partial charge in [-0.2, -0.15) is 0 Å². The summed E-state index contributed by atoms with van der Waals surface area (Å²) in [4.78, 5) is 40.4. The molecule has 0 aromatic rings. The second kappa shape index (κ2) is 27.5. The summed E-state index contributed by atoms with van der Waals surface area (Å²) < 4.78 is 13.5. The van der Waals surface area contributed by atoms with Crippen LogP contribution in [0, 0.1) is 0 Å². The Balaban J connectivity index is 5.25. The van der Waals surface area contributed by atoms with Gasteiger partial charge >= 0.3 is 11.9 Å². The highest BCUT2D eigenvalue weighted by Gasteiger charge is 2.26. The average molecular weight is 601 g/mol. The lowest BCUT2D eigenvalue weighted by atomic mass is 10.0. The number of rotatable bonds is 27. The molecule has 0 unspecified atom stereocenters. The van der Waals surface area contributed by atoms with E-state index < -0.39 is 11.9 Å². The minimum absolute atomic E-state index is 0.141. The van der Waals surface area contributed by atoms with E-state index >= 15 is 0 Å². The first-order valence-electron chi connectivity index (χ1n) is 16.8. The lowest BCUT2D eigenvalue weighted by molar-refractivity contribution is -0.153. The molecule has 0 heterocycles. The Kier molecular flexibility index (Phi) is 26.7. The molecule has 0 aliphatic carbocycles. The van der Waals surface area contributed by atoms with Gasteiger partial charge in [0, 0.05) is 11.9 Å². The first-order valence-corrected chi connectivity index (χ1v) is 17.6. The first-order chi connectivity index (χ1) is 19.8. The van der Waals surface area contributed by atoms with Gasteiger partial charge in [-0.15, -0.1) is 0 Å². The monoisotopic (exact) mass is 600 g/mol. The lowest BCUT2D eigenvalue weighted by Crippen LogP contribution is -2.41. The molecule has 0 bridgehead atoms. The van der Waals surface area contributed by atoms with Crippen molar-refractivity contribution in [2.45, 2.75) is 168 Å². The molecule has 0 atom stereocenters. The maximum absolute atomic E-state index is 13.1. The molecule has 0 saturated carbocycles. The summed E-state index contributed by atoms with van der Waals surface area (Å²) in [6, 6.07) is 0. The van der Waals surface area contributed by atoms with Gasteiger partial charge in [0.1, 0.15) is 25.3 Å². The second-order valence-electron chi connectivity index (χ2n) is 11.6. The predicted molar refractivity (Wildman–Crippen MR) is 173 cm³/mol. The number of ether oxygens (including phenoxy) is 2. The number of carbonyl (C=O) groups is 3. The molecule has 0 aliphatic rings. The zero-order valence-electron chi connectivity index (χ0n) is 27.6. The van der Waals surface area contributed by atoms with Gasteiger partial charge in [-0.05, 0) is 65.5 Å². The van der Waals surface area contributed by atoms with Gasteiger partial charge in [0.05, 0.1) is 0 Å².